The first-order valence-corrected chi connectivity index (χ1v) is 6.70. The van der Waals surface area contributed by atoms with Gasteiger partial charge in [0.25, 0.3) is 10.0 Å². The molecule has 0 amide bonds. The van der Waals surface area contributed by atoms with Gasteiger partial charge in [0, 0.05) is 9.43 Å². The van der Waals surface area contributed by atoms with Gasteiger partial charge in [-0.25, -0.2) is 22.0 Å². The van der Waals surface area contributed by atoms with Crippen molar-refractivity contribution in [3.05, 3.63) is 34.7 Å². The van der Waals surface area contributed by atoms with Gasteiger partial charge < -0.3 is 0 Å². The highest BCUT2D eigenvalue weighted by Crippen LogP contribution is 2.16. The van der Waals surface area contributed by atoms with Crippen LogP contribution in [-0.4, -0.2) is 16.8 Å². The summed E-state index contributed by atoms with van der Waals surface area (Å²) in [6.07, 6.45) is 0. The average molecular weight is 262 g/mol. The van der Waals surface area contributed by atoms with Crippen LogP contribution < -0.4 is 5.14 Å². The van der Waals surface area contributed by atoms with Gasteiger partial charge in [0.05, 0.1) is 9.79 Å². The molecule has 1 aromatic carbocycles. The second kappa shape index (κ2) is 4.10. The Balaban J connectivity index is 3.46. The lowest BCUT2D eigenvalue weighted by atomic mass is 10.4. The second-order valence-corrected chi connectivity index (χ2v) is 5.81. The molecular weight excluding hydrogens is 256 g/mol. The maximum Gasteiger partial charge on any atom is 0.264 e. The highest BCUT2D eigenvalue weighted by molar-refractivity contribution is 7.90. The van der Waals surface area contributed by atoms with Crippen LogP contribution in [0.3, 0.4) is 0 Å². The summed E-state index contributed by atoms with van der Waals surface area (Å²) in [5.74, 6) is 0. The van der Waals surface area contributed by atoms with Gasteiger partial charge in [-0.2, -0.15) is 0 Å². The van der Waals surface area contributed by atoms with Crippen molar-refractivity contribution < 1.29 is 16.8 Å². The highest BCUT2D eigenvalue weighted by Gasteiger charge is 2.15. The SMILES string of the molecule is [N-]=[N+]=NS(=O)(=O)c1cccc(S(N)(=O)=O)c1. The minimum absolute atomic E-state index is 0.373. The monoisotopic (exact) mass is 262 g/mol. The first-order chi connectivity index (χ1) is 7.27. The predicted octanol–water partition coefficient (Wildman–Crippen LogP) is 0.333. The van der Waals surface area contributed by atoms with Crippen LogP contribution in [0.5, 0.6) is 0 Å². The van der Waals surface area contributed by atoms with Crippen molar-refractivity contribution in [2.24, 2.45) is 9.66 Å². The van der Waals surface area contributed by atoms with Gasteiger partial charge >= 0.3 is 0 Å². The van der Waals surface area contributed by atoms with E-state index in [4.69, 9.17) is 10.7 Å². The molecule has 2 N–H and O–H groups in total. The zero-order valence-electron chi connectivity index (χ0n) is 7.68. The molecule has 0 unspecified atom stereocenters. The Morgan fingerprint density at radius 3 is 2.25 bits per heavy atom. The zero-order chi connectivity index (χ0) is 12.4. The van der Waals surface area contributed by atoms with Crippen LogP contribution >= 0.6 is 0 Å². The van der Waals surface area contributed by atoms with Crippen molar-refractivity contribution in [1.82, 2.24) is 0 Å². The Hall–Kier alpha value is -1.61. The fraction of sp³-hybridized carbons (Fsp3) is 0. The Morgan fingerprint density at radius 2 is 1.75 bits per heavy atom. The van der Waals surface area contributed by atoms with Crippen molar-refractivity contribution >= 4 is 20.0 Å². The minimum Gasteiger partial charge on any atom is -0.225 e. The molecule has 86 valence electrons. The van der Waals surface area contributed by atoms with E-state index in [2.05, 4.69) is 9.43 Å². The summed E-state index contributed by atoms with van der Waals surface area (Å²) in [5.41, 5.74) is 8.03. The van der Waals surface area contributed by atoms with Gasteiger partial charge in [0.1, 0.15) is 0 Å². The number of rotatable bonds is 3. The van der Waals surface area contributed by atoms with Crippen LogP contribution in [0.1, 0.15) is 0 Å². The fourth-order valence-electron chi connectivity index (χ4n) is 0.907. The van der Waals surface area contributed by atoms with E-state index in [0.717, 1.165) is 18.2 Å². The molecule has 16 heavy (non-hydrogen) atoms. The van der Waals surface area contributed by atoms with Crippen molar-refractivity contribution in [3.8, 4) is 0 Å². The number of primary sulfonamides is 1. The summed E-state index contributed by atoms with van der Waals surface area (Å²) in [6.45, 7) is 0. The average Bonchev–Trinajstić information content (AvgIpc) is 2.16. The van der Waals surface area contributed by atoms with E-state index >= 15 is 0 Å². The normalized spacial score (nSPS) is 11.8. The first-order valence-electron chi connectivity index (χ1n) is 3.71. The predicted molar refractivity (Wildman–Crippen MR) is 54.1 cm³/mol. The van der Waals surface area contributed by atoms with Crippen LogP contribution in [0.25, 0.3) is 10.4 Å². The van der Waals surface area contributed by atoms with E-state index in [0.29, 0.717) is 0 Å². The molecule has 0 atom stereocenters. The molecule has 8 nitrogen and oxygen atoms in total. The van der Waals surface area contributed by atoms with Gasteiger partial charge in [0.15, 0.2) is 0 Å². The van der Waals surface area contributed by atoms with E-state index in [1.54, 1.807) is 0 Å². The third-order valence-electron chi connectivity index (χ3n) is 1.58. The van der Waals surface area contributed by atoms with Crippen molar-refractivity contribution in [3.63, 3.8) is 0 Å². The van der Waals surface area contributed by atoms with Crippen molar-refractivity contribution in [2.45, 2.75) is 9.79 Å². The van der Waals surface area contributed by atoms with Gasteiger partial charge in [0.2, 0.25) is 10.0 Å². The third-order valence-corrected chi connectivity index (χ3v) is 3.62. The molecule has 0 aliphatic carbocycles. The lowest BCUT2D eigenvalue weighted by Crippen LogP contribution is -2.12. The van der Waals surface area contributed by atoms with Crippen LogP contribution in [-0.2, 0) is 20.0 Å². The summed E-state index contributed by atoms with van der Waals surface area (Å²) < 4.78 is 47.0. The van der Waals surface area contributed by atoms with E-state index in [-0.39, 0.29) is 4.90 Å². The number of nitrogens with zero attached hydrogens (tertiary/aromatic N) is 3. The number of sulfonamides is 2. The first kappa shape index (κ1) is 12.5. The number of nitrogens with two attached hydrogens (primary N) is 1. The maximum absolute atomic E-state index is 11.3. The third kappa shape index (κ3) is 2.70. The molecule has 0 bridgehead atoms. The van der Waals surface area contributed by atoms with E-state index in [1.165, 1.54) is 6.07 Å². The van der Waals surface area contributed by atoms with Gasteiger partial charge in [-0.3, -0.25) is 0 Å². The summed E-state index contributed by atoms with van der Waals surface area (Å²) in [7, 11) is -8.20. The topological polar surface area (TPSA) is 143 Å². The molecule has 0 heterocycles. The molecule has 0 spiro atoms. The number of benzene rings is 1. The van der Waals surface area contributed by atoms with Crippen molar-refractivity contribution in [2.75, 3.05) is 0 Å². The molecule has 0 saturated carbocycles. The molecule has 0 aliphatic rings. The fourth-order valence-corrected chi connectivity index (χ4v) is 2.26. The van der Waals surface area contributed by atoms with Crippen LogP contribution in [0.4, 0.5) is 0 Å². The maximum atomic E-state index is 11.3. The molecular formula is C6H6N4O4S2. The zero-order valence-corrected chi connectivity index (χ0v) is 9.31. The highest BCUT2D eigenvalue weighted by atomic mass is 32.2. The summed E-state index contributed by atoms with van der Waals surface area (Å²) in [4.78, 5) is 1.33. The van der Waals surface area contributed by atoms with Crippen molar-refractivity contribution in [1.29, 1.82) is 0 Å². The van der Waals surface area contributed by atoms with Gasteiger partial charge in [-0.1, -0.05) is 6.07 Å². The molecule has 1 aromatic rings. The van der Waals surface area contributed by atoms with Crippen LogP contribution in [0.2, 0.25) is 0 Å². The van der Waals surface area contributed by atoms with E-state index in [9.17, 15) is 16.8 Å². The quantitative estimate of drug-likeness (QED) is 0.475. The molecule has 10 heteroatoms. The van der Waals surface area contributed by atoms with Gasteiger partial charge in [-0.15, -0.1) is 0 Å². The Kier molecular flexibility index (Phi) is 3.19. The molecule has 0 aromatic heterocycles. The Morgan fingerprint density at radius 1 is 1.19 bits per heavy atom. The number of hydrogen-bond donors (Lipinski definition) is 1. The second-order valence-electron chi connectivity index (χ2n) is 2.67. The Bertz CT molecular complexity index is 658. The summed E-state index contributed by atoms with van der Waals surface area (Å²) in [6, 6.07) is 4.22. The Labute approximate surface area is 91.4 Å². The summed E-state index contributed by atoms with van der Waals surface area (Å²) in [5, 5.41) is 4.82. The van der Waals surface area contributed by atoms with E-state index < -0.39 is 24.9 Å². The molecule has 0 radical (unpaired) electrons. The van der Waals surface area contributed by atoms with Gasteiger partial charge in [-0.05, 0) is 23.7 Å². The number of hydrogen-bond acceptors (Lipinski definition) is 4. The van der Waals surface area contributed by atoms with Crippen LogP contribution in [0.15, 0.2) is 38.6 Å². The lowest BCUT2D eigenvalue weighted by molar-refractivity contribution is 0.595. The van der Waals surface area contributed by atoms with E-state index in [1.807, 2.05) is 0 Å². The molecule has 0 aliphatic heterocycles. The molecule has 0 fully saturated rings. The summed E-state index contributed by atoms with van der Waals surface area (Å²) >= 11 is 0. The molecule has 0 saturated heterocycles. The standard InChI is InChI=1S/C6H6N4O4S2/c7-9-10-16(13,14)6-3-1-2-5(4-6)15(8,11)12/h1-4H,(H2,8,11,12). The molecule has 1 rings (SSSR count). The largest absolute Gasteiger partial charge is 0.264 e. The smallest absolute Gasteiger partial charge is 0.225 e. The van der Waals surface area contributed by atoms with Crippen LogP contribution in [0, 0.1) is 0 Å². The number of azide groups is 1. The lowest BCUT2D eigenvalue weighted by Gasteiger charge is -2.00. The minimum atomic E-state index is -4.20.